The SMILES string of the molecule is C/C(CN1CCCCC1)=C(\C)CS(=O)(=O)O. The van der Waals surface area contributed by atoms with Gasteiger partial charge in [0.05, 0.1) is 5.75 Å². The molecule has 1 rings (SSSR count). The zero-order valence-electron chi connectivity index (χ0n) is 10.1. The minimum atomic E-state index is -3.89. The molecule has 0 amide bonds. The van der Waals surface area contributed by atoms with Crippen molar-refractivity contribution in [1.82, 2.24) is 4.90 Å². The Morgan fingerprint density at radius 2 is 1.69 bits per heavy atom. The third-order valence-electron chi connectivity index (χ3n) is 3.04. The normalized spacial score (nSPS) is 20.7. The van der Waals surface area contributed by atoms with Gasteiger partial charge in [0.25, 0.3) is 10.1 Å². The van der Waals surface area contributed by atoms with Crippen molar-refractivity contribution in [3.05, 3.63) is 11.1 Å². The first-order valence-electron chi connectivity index (χ1n) is 5.71. The van der Waals surface area contributed by atoms with Crippen molar-refractivity contribution in [2.24, 2.45) is 0 Å². The van der Waals surface area contributed by atoms with Gasteiger partial charge in [-0.1, -0.05) is 17.6 Å². The highest BCUT2D eigenvalue weighted by Gasteiger charge is 2.13. The number of rotatable bonds is 4. The first-order chi connectivity index (χ1) is 7.38. The van der Waals surface area contributed by atoms with Gasteiger partial charge in [0.2, 0.25) is 0 Å². The highest BCUT2D eigenvalue weighted by Crippen LogP contribution is 2.13. The van der Waals surface area contributed by atoms with E-state index in [2.05, 4.69) is 4.90 Å². The molecule has 0 aromatic rings. The van der Waals surface area contributed by atoms with Crippen LogP contribution < -0.4 is 0 Å². The van der Waals surface area contributed by atoms with Gasteiger partial charge in [-0.2, -0.15) is 8.42 Å². The van der Waals surface area contributed by atoms with Crippen LogP contribution in [0.25, 0.3) is 0 Å². The molecule has 0 bridgehead atoms. The quantitative estimate of drug-likeness (QED) is 0.607. The first-order valence-corrected chi connectivity index (χ1v) is 7.32. The van der Waals surface area contributed by atoms with E-state index < -0.39 is 10.1 Å². The third kappa shape index (κ3) is 5.09. The molecule has 0 aliphatic carbocycles. The van der Waals surface area contributed by atoms with Crippen molar-refractivity contribution in [2.45, 2.75) is 33.1 Å². The number of piperidine rings is 1. The summed E-state index contributed by atoms with van der Waals surface area (Å²) in [6.07, 6.45) is 3.75. The number of hydrogen-bond acceptors (Lipinski definition) is 3. The van der Waals surface area contributed by atoms with E-state index in [1.54, 1.807) is 6.92 Å². The molecule has 1 saturated heterocycles. The largest absolute Gasteiger partial charge is 0.299 e. The van der Waals surface area contributed by atoms with Crippen molar-refractivity contribution in [1.29, 1.82) is 0 Å². The Bertz CT molecular complexity index is 353. The summed E-state index contributed by atoms with van der Waals surface area (Å²) in [5.41, 5.74) is 1.81. The fraction of sp³-hybridized carbons (Fsp3) is 0.818. The van der Waals surface area contributed by atoms with Crippen molar-refractivity contribution in [3.8, 4) is 0 Å². The molecule has 4 nitrogen and oxygen atoms in total. The molecule has 1 N–H and O–H groups in total. The lowest BCUT2D eigenvalue weighted by molar-refractivity contribution is 0.246. The van der Waals surface area contributed by atoms with E-state index in [1.807, 2.05) is 6.92 Å². The molecule has 1 aliphatic heterocycles. The highest BCUT2D eigenvalue weighted by atomic mass is 32.2. The summed E-state index contributed by atoms with van der Waals surface area (Å²) in [5, 5.41) is 0. The molecule has 0 aromatic heterocycles. The van der Waals surface area contributed by atoms with Crippen molar-refractivity contribution >= 4 is 10.1 Å². The molecule has 0 aromatic carbocycles. The molecule has 0 unspecified atom stereocenters. The van der Waals surface area contributed by atoms with E-state index in [0.717, 1.165) is 30.8 Å². The Morgan fingerprint density at radius 3 is 2.19 bits per heavy atom. The van der Waals surface area contributed by atoms with Gasteiger partial charge in [-0.25, -0.2) is 0 Å². The Morgan fingerprint density at radius 1 is 1.12 bits per heavy atom. The number of hydrogen-bond donors (Lipinski definition) is 1. The van der Waals surface area contributed by atoms with Crippen LogP contribution in [0.1, 0.15) is 33.1 Å². The predicted molar refractivity (Wildman–Crippen MR) is 65.1 cm³/mol. The summed E-state index contributed by atoms with van der Waals surface area (Å²) < 4.78 is 30.3. The van der Waals surface area contributed by atoms with Crippen LogP contribution in [0.15, 0.2) is 11.1 Å². The lowest BCUT2D eigenvalue weighted by Gasteiger charge is -2.27. The van der Waals surface area contributed by atoms with E-state index in [0.29, 0.717) is 0 Å². The van der Waals surface area contributed by atoms with Crippen LogP contribution in [0.5, 0.6) is 0 Å². The maximum absolute atomic E-state index is 10.7. The highest BCUT2D eigenvalue weighted by molar-refractivity contribution is 7.85. The number of nitrogens with zero attached hydrogens (tertiary/aromatic N) is 1. The van der Waals surface area contributed by atoms with Gasteiger partial charge in [0.15, 0.2) is 0 Å². The van der Waals surface area contributed by atoms with Gasteiger partial charge in [-0.05, 0) is 39.8 Å². The molecule has 0 radical (unpaired) electrons. The fourth-order valence-corrected chi connectivity index (χ4v) is 2.78. The lowest BCUT2D eigenvalue weighted by atomic mass is 10.1. The van der Waals surface area contributed by atoms with E-state index in [9.17, 15) is 8.42 Å². The van der Waals surface area contributed by atoms with E-state index >= 15 is 0 Å². The standard InChI is InChI=1S/C11H21NO3S/c1-10(11(2)9-16(13,14)15)8-12-6-4-3-5-7-12/h3-9H2,1-2H3,(H,13,14,15)/b11-10-. The van der Waals surface area contributed by atoms with Crippen LogP contribution in [0, 0.1) is 0 Å². The van der Waals surface area contributed by atoms with Crippen LogP contribution in [0.3, 0.4) is 0 Å². The molecule has 0 saturated carbocycles. The van der Waals surface area contributed by atoms with Gasteiger partial charge >= 0.3 is 0 Å². The van der Waals surface area contributed by atoms with Gasteiger partial charge in [-0.15, -0.1) is 0 Å². The Kier molecular flexibility index (Phi) is 4.95. The smallest absolute Gasteiger partial charge is 0.268 e. The Hall–Kier alpha value is -0.390. The maximum Gasteiger partial charge on any atom is 0.268 e. The summed E-state index contributed by atoms with van der Waals surface area (Å²) >= 11 is 0. The molecule has 0 atom stereocenters. The molecule has 5 heteroatoms. The first kappa shape index (κ1) is 13.7. The second-order valence-corrected chi connectivity index (χ2v) is 6.08. The van der Waals surface area contributed by atoms with Gasteiger partial charge < -0.3 is 0 Å². The van der Waals surface area contributed by atoms with Gasteiger partial charge in [0.1, 0.15) is 0 Å². The van der Waals surface area contributed by atoms with Crippen LogP contribution in [-0.2, 0) is 10.1 Å². The average Bonchev–Trinajstić information content (AvgIpc) is 2.16. The third-order valence-corrected chi connectivity index (χ3v) is 3.83. The van der Waals surface area contributed by atoms with Gasteiger partial charge in [0, 0.05) is 6.54 Å². The van der Waals surface area contributed by atoms with Gasteiger partial charge in [-0.3, -0.25) is 9.45 Å². The Balaban J connectivity index is 2.54. The average molecular weight is 247 g/mol. The fourth-order valence-electron chi connectivity index (χ4n) is 1.98. The second-order valence-electron chi connectivity index (χ2n) is 4.62. The van der Waals surface area contributed by atoms with Crippen molar-refractivity contribution in [2.75, 3.05) is 25.4 Å². The van der Waals surface area contributed by atoms with Crippen molar-refractivity contribution in [3.63, 3.8) is 0 Å². The molecular weight excluding hydrogens is 226 g/mol. The second kappa shape index (κ2) is 5.80. The summed E-state index contributed by atoms with van der Waals surface area (Å²) in [7, 11) is -3.89. The van der Waals surface area contributed by atoms with Crippen LogP contribution in [0.2, 0.25) is 0 Å². The summed E-state index contributed by atoms with van der Waals surface area (Å²) in [6, 6.07) is 0. The monoisotopic (exact) mass is 247 g/mol. The van der Waals surface area contributed by atoms with Crippen LogP contribution >= 0.6 is 0 Å². The summed E-state index contributed by atoms with van der Waals surface area (Å²) in [6.45, 7) is 6.72. The predicted octanol–water partition coefficient (Wildman–Crippen LogP) is 1.70. The number of likely N-dealkylation sites (tertiary alicyclic amines) is 1. The lowest BCUT2D eigenvalue weighted by Crippen LogP contribution is -2.31. The molecule has 0 spiro atoms. The minimum absolute atomic E-state index is 0.243. The maximum atomic E-state index is 10.7. The van der Waals surface area contributed by atoms with E-state index in [4.69, 9.17) is 4.55 Å². The molecule has 94 valence electrons. The molecular formula is C11H21NO3S. The minimum Gasteiger partial charge on any atom is -0.299 e. The van der Waals surface area contributed by atoms with E-state index in [-0.39, 0.29) is 5.75 Å². The van der Waals surface area contributed by atoms with Crippen LogP contribution in [0.4, 0.5) is 0 Å². The molecule has 1 heterocycles. The molecule has 1 aliphatic rings. The van der Waals surface area contributed by atoms with Crippen molar-refractivity contribution < 1.29 is 13.0 Å². The topological polar surface area (TPSA) is 57.6 Å². The zero-order valence-corrected chi connectivity index (χ0v) is 10.9. The van der Waals surface area contributed by atoms with Crippen LogP contribution in [-0.4, -0.2) is 43.3 Å². The molecule has 1 fully saturated rings. The zero-order chi connectivity index (χ0) is 12.2. The molecule has 16 heavy (non-hydrogen) atoms. The summed E-state index contributed by atoms with van der Waals surface area (Å²) in [4.78, 5) is 2.34. The Labute approximate surface area is 98.1 Å². The van der Waals surface area contributed by atoms with E-state index in [1.165, 1.54) is 19.3 Å². The summed E-state index contributed by atoms with van der Waals surface area (Å²) in [5.74, 6) is -0.243.